The van der Waals surface area contributed by atoms with E-state index >= 15 is 0 Å². The molecule has 0 saturated carbocycles. The van der Waals surface area contributed by atoms with Crippen molar-refractivity contribution < 1.29 is 14.3 Å². The van der Waals surface area contributed by atoms with Crippen molar-refractivity contribution in [2.75, 3.05) is 19.2 Å². The molecule has 1 aromatic carbocycles. The maximum Gasteiger partial charge on any atom is 0.248 e. The predicted octanol–water partition coefficient (Wildman–Crippen LogP) is 2.45. The number of anilines is 1. The maximum atomic E-state index is 12.1. The summed E-state index contributed by atoms with van der Waals surface area (Å²) >= 11 is 0. The monoisotopic (exact) mass is 262 g/mol. The fourth-order valence-corrected chi connectivity index (χ4v) is 2.01. The standard InChI is InChI=1S/C14H18N2O3/c1-4-10-7-14(17)16(15-9-10)11-5-6-12(18-2)13(8-11)19-3/h5-6,8-10H,4,7H2,1-3H3. The summed E-state index contributed by atoms with van der Waals surface area (Å²) in [4.78, 5) is 12.1. The molecule has 19 heavy (non-hydrogen) atoms. The van der Waals surface area contributed by atoms with E-state index in [0.29, 0.717) is 23.6 Å². The molecule has 1 aliphatic rings. The minimum atomic E-state index is 0.00145. The van der Waals surface area contributed by atoms with Crippen LogP contribution in [0.1, 0.15) is 19.8 Å². The van der Waals surface area contributed by atoms with Gasteiger partial charge in [0, 0.05) is 24.6 Å². The van der Waals surface area contributed by atoms with Gasteiger partial charge in [-0.2, -0.15) is 5.10 Å². The molecule has 0 fully saturated rings. The van der Waals surface area contributed by atoms with Crippen LogP contribution < -0.4 is 14.5 Å². The van der Waals surface area contributed by atoms with Gasteiger partial charge in [-0.3, -0.25) is 4.79 Å². The molecule has 5 heteroatoms. The van der Waals surface area contributed by atoms with Gasteiger partial charge in [0.25, 0.3) is 0 Å². The molecule has 0 spiro atoms. The summed E-state index contributed by atoms with van der Waals surface area (Å²) in [6, 6.07) is 5.31. The highest BCUT2D eigenvalue weighted by Crippen LogP contribution is 2.32. The fourth-order valence-electron chi connectivity index (χ4n) is 2.01. The van der Waals surface area contributed by atoms with Gasteiger partial charge < -0.3 is 9.47 Å². The number of benzene rings is 1. The number of nitrogens with zero attached hydrogens (tertiary/aromatic N) is 2. The molecule has 0 saturated heterocycles. The van der Waals surface area contributed by atoms with Crippen molar-refractivity contribution in [1.82, 2.24) is 0 Å². The summed E-state index contributed by atoms with van der Waals surface area (Å²) in [5, 5.41) is 5.64. The van der Waals surface area contributed by atoms with Crippen molar-refractivity contribution in [2.45, 2.75) is 19.8 Å². The Morgan fingerprint density at radius 1 is 1.32 bits per heavy atom. The molecule has 102 valence electrons. The lowest BCUT2D eigenvalue weighted by molar-refractivity contribution is -0.119. The number of hydrogen-bond acceptors (Lipinski definition) is 4. The van der Waals surface area contributed by atoms with Crippen molar-refractivity contribution >= 4 is 17.8 Å². The van der Waals surface area contributed by atoms with E-state index < -0.39 is 0 Å². The number of carbonyl (C=O) groups excluding carboxylic acids is 1. The molecular formula is C14H18N2O3. The number of hydrazone groups is 1. The van der Waals surface area contributed by atoms with Crippen LogP contribution in [-0.4, -0.2) is 26.3 Å². The molecule has 1 aliphatic heterocycles. The van der Waals surface area contributed by atoms with E-state index in [1.807, 2.05) is 6.21 Å². The minimum Gasteiger partial charge on any atom is -0.493 e. The summed E-state index contributed by atoms with van der Waals surface area (Å²) in [5.41, 5.74) is 0.688. The third kappa shape index (κ3) is 2.70. The zero-order chi connectivity index (χ0) is 13.8. The third-order valence-corrected chi connectivity index (χ3v) is 3.20. The number of amides is 1. The molecule has 0 N–H and O–H groups in total. The Balaban J connectivity index is 2.29. The summed E-state index contributed by atoms with van der Waals surface area (Å²) < 4.78 is 10.4. The van der Waals surface area contributed by atoms with Crippen LogP contribution in [-0.2, 0) is 4.79 Å². The van der Waals surface area contributed by atoms with Gasteiger partial charge in [-0.25, -0.2) is 5.01 Å². The molecule has 2 rings (SSSR count). The first-order valence-electron chi connectivity index (χ1n) is 6.28. The number of hydrogen-bond donors (Lipinski definition) is 0. The summed E-state index contributed by atoms with van der Waals surface area (Å²) in [5.74, 6) is 1.46. The maximum absolute atomic E-state index is 12.1. The predicted molar refractivity (Wildman–Crippen MR) is 73.9 cm³/mol. The Bertz CT molecular complexity index is 499. The molecule has 1 atom stereocenters. The second kappa shape index (κ2) is 5.73. The average Bonchev–Trinajstić information content (AvgIpc) is 2.46. The zero-order valence-corrected chi connectivity index (χ0v) is 11.4. The van der Waals surface area contributed by atoms with Gasteiger partial charge in [0.05, 0.1) is 19.9 Å². The molecule has 1 unspecified atom stereocenters. The highest BCUT2D eigenvalue weighted by molar-refractivity contribution is 5.97. The van der Waals surface area contributed by atoms with Gasteiger partial charge in [-0.05, 0) is 18.6 Å². The Kier molecular flexibility index (Phi) is 4.04. The third-order valence-electron chi connectivity index (χ3n) is 3.20. The van der Waals surface area contributed by atoms with Crippen molar-refractivity contribution in [3.63, 3.8) is 0 Å². The Morgan fingerprint density at radius 2 is 2.05 bits per heavy atom. The molecule has 1 aromatic rings. The summed E-state index contributed by atoms with van der Waals surface area (Å²) in [7, 11) is 3.14. The number of methoxy groups -OCH3 is 2. The van der Waals surface area contributed by atoms with Gasteiger partial charge in [-0.15, -0.1) is 0 Å². The van der Waals surface area contributed by atoms with Gasteiger partial charge in [0.15, 0.2) is 11.5 Å². The van der Waals surface area contributed by atoms with Crippen LogP contribution in [0.3, 0.4) is 0 Å². The van der Waals surface area contributed by atoms with E-state index in [-0.39, 0.29) is 11.8 Å². The van der Waals surface area contributed by atoms with E-state index in [0.717, 1.165) is 6.42 Å². The lowest BCUT2D eigenvalue weighted by atomic mass is 10.0. The van der Waals surface area contributed by atoms with Crippen molar-refractivity contribution in [3.8, 4) is 11.5 Å². The van der Waals surface area contributed by atoms with Crippen LogP contribution in [0.15, 0.2) is 23.3 Å². The molecule has 5 nitrogen and oxygen atoms in total. The summed E-state index contributed by atoms with van der Waals surface area (Å²) in [6.07, 6.45) is 3.25. The Hall–Kier alpha value is -2.04. The molecule has 0 bridgehead atoms. The second-order valence-electron chi connectivity index (χ2n) is 4.38. The highest BCUT2D eigenvalue weighted by Gasteiger charge is 2.23. The number of ether oxygens (including phenoxy) is 2. The van der Waals surface area contributed by atoms with Gasteiger partial charge in [0.2, 0.25) is 5.91 Å². The Labute approximate surface area is 112 Å². The van der Waals surface area contributed by atoms with Gasteiger partial charge >= 0.3 is 0 Å². The molecule has 1 amide bonds. The van der Waals surface area contributed by atoms with E-state index in [2.05, 4.69) is 12.0 Å². The van der Waals surface area contributed by atoms with E-state index in [1.54, 1.807) is 32.4 Å². The van der Waals surface area contributed by atoms with Gasteiger partial charge in [-0.1, -0.05) is 6.92 Å². The van der Waals surface area contributed by atoms with E-state index in [9.17, 15) is 4.79 Å². The fraction of sp³-hybridized carbons (Fsp3) is 0.429. The second-order valence-corrected chi connectivity index (χ2v) is 4.38. The molecular weight excluding hydrogens is 244 g/mol. The number of carbonyl (C=O) groups is 1. The van der Waals surface area contributed by atoms with Gasteiger partial charge in [0.1, 0.15) is 0 Å². The van der Waals surface area contributed by atoms with Crippen molar-refractivity contribution in [3.05, 3.63) is 18.2 Å². The largest absolute Gasteiger partial charge is 0.493 e. The number of rotatable bonds is 4. The Morgan fingerprint density at radius 3 is 2.63 bits per heavy atom. The smallest absolute Gasteiger partial charge is 0.248 e. The topological polar surface area (TPSA) is 51.1 Å². The SMILES string of the molecule is CCC1C=NN(c2ccc(OC)c(OC)c2)C(=O)C1. The molecule has 0 aromatic heterocycles. The molecule has 0 radical (unpaired) electrons. The average molecular weight is 262 g/mol. The molecule has 0 aliphatic carbocycles. The van der Waals surface area contributed by atoms with Crippen LogP contribution in [0, 0.1) is 5.92 Å². The first-order valence-corrected chi connectivity index (χ1v) is 6.28. The normalized spacial score (nSPS) is 18.6. The lowest BCUT2D eigenvalue weighted by Gasteiger charge is -2.24. The summed E-state index contributed by atoms with van der Waals surface area (Å²) in [6.45, 7) is 2.05. The van der Waals surface area contributed by atoms with E-state index in [4.69, 9.17) is 9.47 Å². The lowest BCUT2D eigenvalue weighted by Crippen LogP contribution is -2.32. The molecule has 1 heterocycles. The minimum absolute atomic E-state index is 0.00145. The van der Waals surface area contributed by atoms with Crippen LogP contribution in [0.2, 0.25) is 0 Å². The van der Waals surface area contributed by atoms with Crippen LogP contribution >= 0.6 is 0 Å². The van der Waals surface area contributed by atoms with E-state index in [1.165, 1.54) is 5.01 Å². The first kappa shape index (κ1) is 13.4. The van der Waals surface area contributed by atoms with Crippen molar-refractivity contribution in [1.29, 1.82) is 0 Å². The first-order chi connectivity index (χ1) is 9.19. The van der Waals surface area contributed by atoms with Crippen LogP contribution in [0.5, 0.6) is 11.5 Å². The van der Waals surface area contributed by atoms with Crippen LogP contribution in [0.25, 0.3) is 0 Å². The highest BCUT2D eigenvalue weighted by atomic mass is 16.5. The van der Waals surface area contributed by atoms with Crippen LogP contribution in [0.4, 0.5) is 5.69 Å². The quantitative estimate of drug-likeness (QED) is 0.837. The zero-order valence-electron chi connectivity index (χ0n) is 11.4. The van der Waals surface area contributed by atoms with Crippen molar-refractivity contribution in [2.24, 2.45) is 11.0 Å².